The van der Waals surface area contributed by atoms with Crippen LogP contribution >= 0.6 is 11.8 Å². The molecule has 12 heteroatoms. The molecule has 0 radical (unpaired) electrons. The number of hydrogen-bond donors (Lipinski definition) is 3. The summed E-state index contributed by atoms with van der Waals surface area (Å²) in [5.41, 5.74) is 10.7. The zero-order chi connectivity index (χ0) is 23.1. The van der Waals surface area contributed by atoms with E-state index in [0.717, 1.165) is 17.8 Å². The summed E-state index contributed by atoms with van der Waals surface area (Å²) in [4.78, 5) is 20.8. The molecule has 32 heavy (non-hydrogen) atoms. The smallest absolute Gasteiger partial charge is 0.397 e. The lowest BCUT2D eigenvalue weighted by Gasteiger charge is -2.46. The normalized spacial score (nSPS) is 25.6. The lowest BCUT2D eigenvalue weighted by Crippen LogP contribution is -2.53. The molecule has 0 bridgehead atoms. The third-order valence-corrected chi connectivity index (χ3v) is 6.45. The number of hydrogen-bond acceptors (Lipinski definition) is 7. The SMILES string of the molecule is NC1=NC2(c3cc(NC(=O)c4ccc(N)cn4)ccc3F)CO[C@@H](C(F)(F)F)CC2CS1. The molecule has 0 aliphatic carbocycles. The molecule has 170 valence electrons. The first-order chi connectivity index (χ1) is 15.1. The maximum Gasteiger partial charge on any atom is 0.414 e. The number of aromatic nitrogens is 1. The zero-order valence-electron chi connectivity index (χ0n) is 16.5. The second kappa shape index (κ2) is 8.24. The number of amides is 1. The Morgan fingerprint density at radius 3 is 2.72 bits per heavy atom. The van der Waals surface area contributed by atoms with E-state index in [1.807, 2.05) is 0 Å². The van der Waals surface area contributed by atoms with Crippen LogP contribution in [0.3, 0.4) is 0 Å². The predicted molar refractivity (Wildman–Crippen MR) is 113 cm³/mol. The Morgan fingerprint density at radius 2 is 2.03 bits per heavy atom. The number of benzene rings is 1. The average Bonchev–Trinajstić information content (AvgIpc) is 2.74. The molecule has 4 rings (SSSR count). The van der Waals surface area contributed by atoms with Crippen LogP contribution in [-0.4, -0.2) is 40.7 Å². The van der Waals surface area contributed by atoms with Crippen molar-refractivity contribution in [3.05, 3.63) is 53.6 Å². The number of alkyl halides is 3. The molecule has 1 aromatic carbocycles. The first kappa shape index (κ1) is 22.3. The summed E-state index contributed by atoms with van der Waals surface area (Å²) < 4.78 is 59.8. The van der Waals surface area contributed by atoms with Gasteiger partial charge in [0.2, 0.25) is 0 Å². The molecule has 3 heterocycles. The predicted octanol–water partition coefficient (Wildman–Crippen LogP) is 3.28. The Kier molecular flexibility index (Phi) is 5.76. The number of rotatable bonds is 3. The van der Waals surface area contributed by atoms with E-state index in [2.05, 4.69) is 15.3 Å². The number of nitrogens with two attached hydrogens (primary N) is 2. The van der Waals surface area contributed by atoms with Crippen LogP contribution in [0.15, 0.2) is 41.5 Å². The van der Waals surface area contributed by atoms with Crippen LogP contribution in [0.1, 0.15) is 22.5 Å². The molecule has 2 aliphatic heterocycles. The molecule has 5 N–H and O–H groups in total. The monoisotopic (exact) mass is 469 g/mol. The minimum atomic E-state index is -4.54. The van der Waals surface area contributed by atoms with Gasteiger partial charge in [-0.05, 0) is 36.8 Å². The Hall–Kier alpha value is -2.86. The van der Waals surface area contributed by atoms with E-state index >= 15 is 0 Å². The van der Waals surface area contributed by atoms with Gasteiger partial charge in [0.1, 0.15) is 17.1 Å². The molecule has 2 aromatic rings. The standard InChI is InChI=1S/C20H19F4N5O2S/c21-14-3-2-12(28-17(30)15-4-1-11(25)7-27-15)6-13(14)19-9-31-16(20(22,23)24)5-10(19)8-32-18(26)29-19/h1-4,6-7,10,16H,5,8-9,25H2,(H2,26,29)(H,28,30)/t10?,16-,19?/m1/s1. The summed E-state index contributed by atoms with van der Waals surface area (Å²) in [6.45, 7) is -0.489. The van der Waals surface area contributed by atoms with Crippen molar-refractivity contribution in [1.82, 2.24) is 4.98 Å². The maximum atomic E-state index is 14.9. The van der Waals surface area contributed by atoms with E-state index in [1.165, 1.54) is 30.5 Å². The second-order valence-corrected chi connectivity index (χ2v) is 8.62. The van der Waals surface area contributed by atoms with Crippen molar-refractivity contribution in [2.45, 2.75) is 24.2 Å². The molecule has 1 amide bonds. The van der Waals surface area contributed by atoms with E-state index in [4.69, 9.17) is 16.2 Å². The zero-order valence-corrected chi connectivity index (χ0v) is 17.3. The number of amidine groups is 1. The number of halogens is 4. The molecular weight excluding hydrogens is 450 g/mol. The highest BCUT2D eigenvalue weighted by Crippen LogP contribution is 2.49. The maximum absolute atomic E-state index is 14.9. The fourth-order valence-corrected chi connectivity index (χ4v) is 4.88. The fraction of sp³-hybridized carbons (Fsp3) is 0.350. The summed E-state index contributed by atoms with van der Waals surface area (Å²) >= 11 is 1.12. The fourth-order valence-electron chi connectivity index (χ4n) is 3.87. The molecule has 3 atom stereocenters. The van der Waals surface area contributed by atoms with Gasteiger partial charge >= 0.3 is 6.18 Å². The lowest BCUT2D eigenvalue weighted by molar-refractivity contribution is -0.245. The van der Waals surface area contributed by atoms with Crippen molar-refractivity contribution in [2.24, 2.45) is 16.6 Å². The van der Waals surface area contributed by atoms with Crippen LogP contribution in [-0.2, 0) is 10.3 Å². The largest absolute Gasteiger partial charge is 0.414 e. The summed E-state index contributed by atoms with van der Waals surface area (Å²) in [6, 6.07) is 6.75. The Bertz CT molecular complexity index is 1060. The highest BCUT2D eigenvalue weighted by Gasteiger charge is 2.55. The van der Waals surface area contributed by atoms with E-state index in [0.29, 0.717) is 5.69 Å². The van der Waals surface area contributed by atoms with Gasteiger partial charge in [-0.2, -0.15) is 13.2 Å². The molecule has 7 nitrogen and oxygen atoms in total. The summed E-state index contributed by atoms with van der Waals surface area (Å²) in [5, 5.41) is 2.74. The average molecular weight is 469 g/mol. The highest BCUT2D eigenvalue weighted by atomic mass is 32.2. The van der Waals surface area contributed by atoms with Gasteiger partial charge in [0, 0.05) is 22.9 Å². The number of fused-ring (bicyclic) bond motifs is 1. The lowest BCUT2D eigenvalue weighted by atomic mass is 9.74. The van der Waals surface area contributed by atoms with Crippen molar-refractivity contribution >= 4 is 34.2 Å². The van der Waals surface area contributed by atoms with Crippen molar-refractivity contribution in [3.63, 3.8) is 0 Å². The van der Waals surface area contributed by atoms with Crippen LogP contribution in [0, 0.1) is 11.7 Å². The van der Waals surface area contributed by atoms with Crippen LogP contribution in [0.4, 0.5) is 28.9 Å². The van der Waals surface area contributed by atoms with E-state index < -0.39 is 42.1 Å². The first-order valence-corrected chi connectivity index (χ1v) is 10.6. The first-order valence-electron chi connectivity index (χ1n) is 9.58. The van der Waals surface area contributed by atoms with Gasteiger partial charge in [-0.25, -0.2) is 14.4 Å². The molecule has 2 aliphatic rings. The summed E-state index contributed by atoms with van der Waals surface area (Å²) in [7, 11) is 0. The van der Waals surface area contributed by atoms with Gasteiger partial charge < -0.3 is 21.5 Å². The van der Waals surface area contributed by atoms with Gasteiger partial charge in [-0.1, -0.05) is 11.8 Å². The van der Waals surface area contributed by atoms with Crippen molar-refractivity contribution in [1.29, 1.82) is 0 Å². The van der Waals surface area contributed by atoms with Gasteiger partial charge in [0.15, 0.2) is 11.3 Å². The van der Waals surface area contributed by atoms with Gasteiger partial charge in [-0.15, -0.1) is 0 Å². The van der Waals surface area contributed by atoms with Gasteiger partial charge in [0.05, 0.1) is 18.5 Å². The summed E-state index contributed by atoms with van der Waals surface area (Å²) in [6.07, 6.45) is -5.55. The van der Waals surface area contributed by atoms with Crippen LogP contribution in [0.2, 0.25) is 0 Å². The topological polar surface area (TPSA) is 116 Å². The van der Waals surface area contributed by atoms with Crippen molar-refractivity contribution < 1.29 is 27.1 Å². The van der Waals surface area contributed by atoms with Gasteiger partial charge in [-0.3, -0.25) is 4.79 Å². The molecule has 1 saturated heterocycles. The number of thioether (sulfide) groups is 1. The minimum Gasteiger partial charge on any atom is -0.397 e. The molecular formula is C20H19F4N5O2S. The summed E-state index contributed by atoms with van der Waals surface area (Å²) in [5.74, 6) is -1.68. The number of carbonyl (C=O) groups excluding carboxylic acids is 1. The molecule has 1 fully saturated rings. The number of pyridine rings is 1. The Labute approximate surface area is 184 Å². The molecule has 0 saturated carbocycles. The second-order valence-electron chi connectivity index (χ2n) is 7.58. The molecule has 2 unspecified atom stereocenters. The number of carbonyl (C=O) groups is 1. The number of nitrogens with one attached hydrogen (secondary N) is 1. The van der Waals surface area contributed by atoms with Crippen molar-refractivity contribution in [3.8, 4) is 0 Å². The van der Waals surface area contributed by atoms with E-state index in [-0.39, 0.29) is 34.3 Å². The molecule has 1 aromatic heterocycles. The molecule has 0 spiro atoms. The number of nitrogens with zero attached hydrogens (tertiary/aromatic N) is 2. The Balaban J connectivity index is 1.67. The highest BCUT2D eigenvalue weighted by molar-refractivity contribution is 8.13. The van der Waals surface area contributed by atoms with Crippen LogP contribution in [0.25, 0.3) is 0 Å². The number of anilines is 2. The van der Waals surface area contributed by atoms with E-state index in [9.17, 15) is 22.4 Å². The van der Waals surface area contributed by atoms with Crippen LogP contribution < -0.4 is 16.8 Å². The van der Waals surface area contributed by atoms with Gasteiger partial charge in [0.25, 0.3) is 5.91 Å². The number of aliphatic imine (C=N–C) groups is 1. The van der Waals surface area contributed by atoms with E-state index in [1.54, 1.807) is 0 Å². The van der Waals surface area contributed by atoms with Crippen LogP contribution in [0.5, 0.6) is 0 Å². The minimum absolute atomic E-state index is 0.00874. The third kappa shape index (κ3) is 4.24. The Morgan fingerprint density at radius 1 is 1.25 bits per heavy atom. The number of ether oxygens (including phenoxy) is 1. The quantitative estimate of drug-likeness (QED) is 0.595. The third-order valence-electron chi connectivity index (χ3n) is 5.50. The number of nitrogen functional groups attached to an aromatic ring is 1. The van der Waals surface area contributed by atoms with Crippen molar-refractivity contribution in [2.75, 3.05) is 23.4 Å².